The van der Waals surface area contributed by atoms with Crippen LogP contribution in [0.2, 0.25) is 0 Å². The summed E-state index contributed by atoms with van der Waals surface area (Å²) in [7, 11) is -3.73. The lowest BCUT2D eigenvalue weighted by atomic mass is 9.88. The normalized spacial score (nSPS) is 29.3. The number of nitrogens with one attached hydrogen (secondary N) is 1. The molecule has 1 aliphatic carbocycles. The van der Waals surface area contributed by atoms with Gasteiger partial charge in [-0.15, -0.1) is 0 Å². The van der Waals surface area contributed by atoms with E-state index in [1.807, 2.05) is 0 Å². The van der Waals surface area contributed by atoms with Crippen LogP contribution in [-0.4, -0.2) is 54.7 Å². The molecule has 1 amide bonds. The van der Waals surface area contributed by atoms with E-state index in [-0.39, 0.29) is 6.04 Å². The van der Waals surface area contributed by atoms with Gasteiger partial charge in [-0.3, -0.25) is 4.79 Å². The lowest BCUT2D eigenvalue weighted by molar-refractivity contribution is -0.151. The molecule has 1 aliphatic heterocycles. The molecule has 1 saturated carbocycles. The zero-order valence-electron chi connectivity index (χ0n) is 13.5. The number of hydrogen-bond donors (Lipinski definition) is 2. The summed E-state index contributed by atoms with van der Waals surface area (Å²) in [6.45, 7) is 2.46. The molecule has 1 heterocycles. The van der Waals surface area contributed by atoms with E-state index in [1.165, 1.54) is 4.90 Å². The van der Waals surface area contributed by atoms with Gasteiger partial charge in [0.2, 0.25) is 15.9 Å². The number of piperidine rings is 1. The lowest BCUT2D eigenvalue weighted by Crippen LogP contribution is -2.51. The van der Waals surface area contributed by atoms with E-state index in [4.69, 9.17) is 0 Å². The summed E-state index contributed by atoms with van der Waals surface area (Å²) >= 11 is 0. The zero-order chi connectivity index (χ0) is 17.0. The molecular weight excluding hydrogens is 320 g/mol. The molecule has 0 unspecified atom stereocenters. The summed E-state index contributed by atoms with van der Waals surface area (Å²) in [5.41, 5.74) is 0. The largest absolute Gasteiger partial charge is 0.480 e. The fourth-order valence-electron chi connectivity index (χ4n) is 3.41. The monoisotopic (exact) mass is 346 g/mol. The Bertz CT molecular complexity index is 540. The fourth-order valence-corrected chi connectivity index (χ4v) is 4.72. The van der Waals surface area contributed by atoms with E-state index in [0.29, 0.717) is 25.3 Å². The summed E-state index contributed by atoms with van der Waals surface area (Å²) in [6.07, 6.45) is 5.37. The Morgan fingerprint density at radius 2 is 1.78 bits per heavy atom. The van der Waals surface area contributed by atoms with Crippen LogP contribution >= 0.6 is 0 Å². The maximum Gasteiger partial charge on any atom is 0.326 e. The quantitative estimate of drug-likeness (QED) is 0.771. The zero-order valence-corrected chi connectivity index (χ0v) is 14.3. The predicted molar refractivity (Wildman–Crippen MR) is 85.3 cm³/mol. The number of sulfonamides is 1. The van der Waals surface area contributed by atoms with Crippen LogP contribution in [0.4, 0.5) is 0 Å². The molecule has 0 spiro atoms. The number of amides is 1. The number of carbonyl (C=O) groups is 2. The Labute approximate surface area is 137 Å². The van der Waals surface area contributed by atoms with Crippen molar-refractivity contribution in [3.63, 3.8) is 0 Å². The number of carbonyl (C=O) groups excluding carboxylic acids is 1. The van der Waals surface area contributed by atoms with Crippen LogP contribution in [0.5, 0.6) is 0 Å². The first-order valence-electron chi connectivity index (χ1n) is 8.31. The van der Waals surface area contributed by atoms with Crippen LogP contribution in [0.3, 0.4) is 0 Å². The van der Waals surface area contributed by atoms with E-state index < -0.39 is 33.7 Å². The van der Waals surface area contributed by atoms with Crippen molar-refractivity contribution < 1.29 is 23.1 Å². The third-order valence-electron chi connectivity index (χ3n) is 4.78. The van der Waals surface area contributed by atoms with Crippen LogP contribution in [-0.2, 0) is 19.6 Å². The van der Waals surface area contributed by atoms with E-state index in [0.717, 1.165) is 32.1 Å². The van der Waals surface area contributed by atoms with Gasteiger partial charge in [0, 0.05) is 12.6 Å². The van der Waals surface area contributed by atoms with Gasteiger partial charge in [0.15, 0.2) is 0 Å². The summed E-state index contributed by atoms with van der Waals surface area (Å²) in [6, 6.07) is -1.01. The molecule has 132 valence electrons. The second-order valence-electron chi connectivity index (χ2n) is 6.77. The Hall–Kier alpha value is -1.15. The molecule has 0 radical (unpaired) electrons. The first-order valence-corrected chi connectivity index (χ1v) is 9.96. The van der Waals surface area contributed by atoms with Crippen molar-refractivity contribution in [3.05, 3.63) is 0 Å². The van der Waals surface area contributed by atoms with Gasteiger partial charge >= 0.3 is 5.97 Å². The van der Waals surface area contributed by atoms with Crippen molar-refractivity contribution in [2.24, 2.45) is 5.92 Å². The van der Waals surface area contributed by atoms with Gasteiger partial charge in [-0.1, -0.05) is 6.92 Å². The molecule has 0 aromatic rings. The predicted octanol–water partition coefficient (Wildman–Crippen LogP) is 0.950. The number of carboxylic acid groups (broad SMARTS) is 1. The number of hydrogen-bond acceptors (Lipinski definition) is 4. The summed E-state index contributed by atoms with van der Waals surface area (Å²) in [5.74, 6) is -1.73. The second kappa shape index (κ2) is 7.61. The molecule has 23 heavy (non-hydrogen) atoms. The van der Waals surface area contributed by atoms with Crippen molar-refractivity contribution in [1.82, 2.24) is 9.62 Å². The SMILES string of the molecule is CC1CCC(NS(=O)(=O)CC(=O)N2CCCC[C@@H]2C(=O)O)CC1. The Morgan fingerprint density at radius 3 is 2.39 bits per heavy atom. The molecule has 2 rings (SSSR count). The average Bonchev–Trinajstić information content (AvgIpc) is 2.49. The Kier molecular flexibility index (Phi) is 6.02. The van der Waals surface area contributed by atoms with Crippen LogP contribution in [0.1, 0.15) is 51.9 Å². The molecule has 0 aromatic carbocycles. The minimum absolute atomic E-state index is 0.111. The number of rotatable bonds is 5. The first kappa shape index (κ1) is 18.2. The van der Waals surface area contributed by atoms with Gasteiger partial charge in [-0.2, -0.15) is 0 Å². The molecule has 2 fully saturated rings. The third kappa shape index (κ3) is 5.17. The van der Waals surface area contributed by atoms with Crippen LogP contribution in [0.25, 0.3) is 0 Å². The van der Waals surface area contributed by atoms with Crippen molar-refractivity contribution >= 4 is 21.9 Å². The van der Waals surface area contributed by atoms with Crippen molar-refractivity contribution in [2.75, 3.05) is 12.3 Å². The van der Waals surface area contributed by atoms with Gasteiger partial charge < -0.3 is 10.0 Å². The van der Waals surface area contributed by atoms with Gasteiger partial charge in [0.25, 0.3) is 0 Å². The van der Waals surface area contributed by atoms with Crippen LogP contribution < -0.4 is 4.72 Å². The Balaban J connectivity index is 1.93. The number of aliphatic carboxylic acids is 1. The van der Waals surface area contributed by atoms with Crippen molar-refractivity contribution in [2.45, 2.75) is 64.0 Å². The van der Waals surface area contributed by atoms with Gasteiger partial charge in [-0.25, -0.2) is 17.9 Å². The third-order valence-corrected chi connectivity index (χ3v) is 6.10. The number of likely N-dealkylation sites (tertiary alicyclic amines) is 1. The van der Waals surface area contributed by atoms with Gasteiger partial charge in [-0.05, 0) is 50.9 Å². The maximum atomic E-state index is 12.3. The van der Waals surface area contributed by atoms with Gasteiger partial charge in [0.05, 0.1) is 0 Å². The maximum absolute atomic E-state index is 12.3. The molecule has 1 atom stereocenters. The highest BCUT2D eigenvalue weighted by Gasteiger charge is 2.34. The molecule has 0 bridgehead atoms. The molecular formula is C15H26N2O5S. The highest BCUT2D eigenvalue weighted by molar-refractivity contribution is 7.90. The smallest absolute Gasteiger partial charge is 0.326 e. The minimum Gasteiger partial charge on any atom is -0.480 e. The lowest BCUT2D eigenvalue weighted by Gasteiger charge is -2.33. The average molecular weight is 346 g/mol. The van der Waals surface area contributed by atoms with E-state index in [1.54, 1.807) is 0 Å². The van der Waals surface area contributed by atoms with E-state index >= 15 is 0 Å². The molecule has 0 aromatic heterocycles. The molecule has 7 nitrogen and oxygen atoms in total. The summed E-state index contributed by atoms with van der Waals surface area (Å²) in [4.78, 5) is 24.7. The van der Waals surface area contributed by atoms with Gasteiger partial charge in [0.1, 0.15) is 11.8 Å². The summed E-state index contributed by atoms with van der Waals surface area (Å²) in [5, 5.41) is 9.18. The Morgan fingerprint density at radius 1 is 1.13 bits per heavy atom. The molecule has 8 heteroatoms. The molecule has 2 N–H and O–H groups in total. The molecule has 2 aliphatic rings. The highest BCUT2D eigenvalue weighted by atomic mass is 32.2. The second-order valence-corrected chi connectivity index (χ2v) is 8.52. The molecule has 1 saturated heterocycles. The highest BCUT2D eigenvalue weighted by Crippen LogP contribution is 2.24. The minimum atomic E-state index is -3.73. The van der Waals surface area contributed by atoms with Crippen LogP contribution in [0.15, 0.2) is 0 Å². The number of nitrogens with zero attached hydrogens (tertiary/aromatic N) is 1. The van der Waals surface area contributed by atoms with Crippen LogP contribution in [0, 0.1) is 5.92 Å². The van der Waals surface area contributed by atoms with E-state index in [2.05, 4.69) is 11.6 Å². The first-order chi connectivity index (χ1) is 10.8. The van der Waals surface area contributed by atoms with E-state index in [9.17, 15) is 23.1 Å². The standard InChI is InChI=1S/C15H26N2O5S/c1-11-5-7-12(8-6-11)16-23(21,22)10-14(18)17-9-3-2-4-13(17)15(19)20/h11-13,16H,2-10H2,1H3,(H,19,20)/t11?,12?,13-/m1/s1. The van der Waals surface area contributed by atoms with Crippen molar-refractivity contribution in [1.29, 1.82) is 0 Å². The topological polar surface area (TPSA) is 104 Å². The fraction of sp³-hybridized carbons (Fsp3) is 0.867. The van der Waals surface area contributed by atoms with Crippen molar-refractivity contribution in [3.8, 4) is 0 Å². The summed E-state index contributed by atoms with van der Waals surface area (Å²) < 4.78 is 27.0. The number of carboxylic acids is 1.